The Morgan fingerprint density at radius 3 is 2.56 bits per heavy atom. The predicted octanol–water partition coefficient (Wildman–Crippen LogP) is 3.38. The Hall–Kier alpha value is -1.51. The van der Waals surface area contributed by atoms with Crippen LogP contribution < -0.4 is 5.32 Å². The maximum atomic E-state index is 11.8. The van der Waals surface area contributed by atoms with Gasteiger partial charge in [0.15, 0.2) is 0 Å². The third-order valence-corrected chi connectivity index (χ3v) is 4.13. The Morgan fingerprint density at radius 2 is 1.94 bits per heavy atom. The number of nitrogens with one attached hydrogen (secondary N) is 1. The predicted molar refractivity (Wildman–Crippen MR) is 72.6 cm³/mol. The zero-order valence-corrected chi connectivity index (χ0v) is 11.0. The average molecular weight is 247 g/mol. The van der Waals surface area contributed by atoms with Gasteiger partial charge >= 0.3 is 5.97 Å². The Morgan fingerprint density at radius 1 is 1.28 bits per heavy atom. The number of anilines is 1. The summed E-state index contributed by atoms with van der Waals surface area (Å²) in [4.78, 5) is 11.8. The van der Waals surface area contributed by atoms with Crippen LogP contribution in [0.2, 0.25) is 0 Å². The molecule has 3 nitrogen and oxygen atoms in total. The van der Waals surface area contributed by atoms with Crippen LogP contribution in [-0.4, -0.2) is 16.6 Å². The third kappa shape index (κ3) is 2.35. The van der Waals surface area contributed by atoms with Crippen molar-refractivity contribution in [3.63, 3.8) is 0 Å². The molecule has 0 bridgehead atoms. The number of para-hydroxylation sites is 1. The molecule has 98 valence electrons. The van der Waals surface area contributed by atoms with Crippen molar-refractivity contribution in [1.29, 1.82) is 0 Å². The first-order valence-electron chi connectivity index (χ1n) is 6.61. The third-order valence-electron chi connectivity index (χ3n) is 4.13. The minimum Gasteiger partial charge on any atom is -0.479 e. The van der Waals surface area contributed by atoms with Gasteiger partial charge in [0, 0.05) is 5.69 Å². The van der Waals surface area contributed by atoms with E-state index in [0.29, 0.717) is 12.3 Å². The normalized spacial score (nSPS) is 31.9. The summed E-state index contributed by atoms with van der Waals surface area (Å²) in [6, 6.07) is 9.64. The van der Waals surface area contributed by atoms with Crippen molar-refractivity contribution in [2.75, 3.05) is 5.32 Å². The van der Waals surface area contributed by atoms with Crippen LogP contribution in [0.15, 0.2) is 30.3 Å². The minimum atomic E-state index is -0.820. The molecule has 0 amide bonds. The summed E-state index contributed by atoms with van der Waals surface area (Å²) in [6.45, 7) is 4.17. The molecule has 0 aliphatic heterocycles. The molecule has 0 spiro atoms. The number of carboxylic acid groups (broad SMARTS) is 1. The maximum Gasteiger partial charge on any atom is 0.329 e. The van der Waals surface area contributed by atoms with Crippen molar-refractivity contribution in [2.45, 2.75) is 38.6 Å². The highest BCUT2D eigenvalue weighted by Gasteiger charge is 2.47. The molecule has 2 rings (SSSR count). The van der Waals surface area contributed by atoms with Crippen LogP contribution in [0.4, 0.5) is 5.69 Å². The molecule has 0 aromatic heterocycles. The van der Waals surface area contributed by atoms with E-state index in [2.05, 4.69) is 12.2 Å². The number of rotatable bonds is 3. The highest BCUT2D eigenvalue weighted by atomic mass is 16.4. The van der Waals surface area contributed by atoms with E-state index in [1.54, 1.807) is 0 Å². The molecule has 18 heavy (non-hydrogen) atoms. The summed E-state index contributed by atoms with van der Waals surface area (Å²) in [5.41, 5.74) is 0.0693. The van der Waals surface area contributed by atoms with E-state index in [0.717, 1.165) is 18.5 Å². The SMILES string of the molecule is CC1CCC(C)C(Nc2ccccc2)(C(=O)O)C1. The molecule has 2 N–H and O–H groups in total. The zero-order chi connectivity index (χ0) is 13.2. The summed E-state index contributed by atoms with van der Waals surface area (Å²) in [6.07, 6.45) is 2.78. The van der Waals surface area contributed by atoms with Gasteiger partial charge in [0.05, 0.1) is 0 Å². The first-order chi connectivity index (χ1) is 8.54. The molecule has 1 fully saturated rings. The van der Waals surface area contributed by atoms with Gasteiger partial charge in [-0.15, -0.1) is 0 Å². The number of aliphatic carboxylic acids is 1. The van der Waals surface area contributed by atoms with E-state index >= 15 is 0 Å². The smallest absolute Gasteiger partial charge is 0.329 e. The summed E-state index contributed by atoms with van der Waals surface area (Å²) in [5.74, 6) is -0.134. The van der Waals surface area contributed by atoms with Crippen LogP contribution in [-0.2, 0) is 4.79 Å². The summed E-state index contributed by atoms with van der Waals surface area (Å²) in [5, 5.41) is 13.0. The second-order valence-electron chi connectivity index (χ2n) is 5.56. The van der Waals surface area contributed by atoms with Crippen LogP contribution in [0, 0.1) is 11.8 Å². The highest BCUT2D eigenvalue weighted by molar-refractivity contribution is 5.83. The van der Waals surface area contributed by atoms with Crippen LogP contribution in [0.1, 0.15) is 33.1 Å². The van der Waals surface area contributed by atoms with Crippen LogP contribution in [0.5, 0.6) is 0 Å². The van der Waals surface area contributed by atoms with Crippen LogP contribution >= 0.6 is 0 Å². The van der Waals surface area contributed by atoms with Gasteiger partial charge in [0.1, 0.15) is 5.54 Å². The molecule has 1 aliphatic carbocycles. The second kappa shape index (κ2) is 5.01. The van der Waals surface area contributed by atoms with Gasteiger partial charge in [-0.05, 0) is 36.8 Å². The second-order valence-corrected chi connectivity index (χ2v) is 5.56. The van der Waals surface area contributed by atoms with Crippen molar-refractivity contribution in [3.8, 4) is 0 Å². The lowest BCUT2D eigenvalue weighted by molar-refractivity contribution is -0.146. The van der Waals surface area contributed by atoms with Crippen molar-refractivity contribution >= 4 is 11.7 Å². The van der Waals surface area contributed by atoms with E-state index in [9.17, 15) is 9.90 Å². The lowest BCUT2D eigenvalue weighted by Crippen LogP contribution is -2.54. The molecule has 1 aliphatic rings. The molecular weight excluding hydrogens is 226 g/mol. The molecule has 3 atom stereocenters. The van der Waals surface area contributed by atoms with Gasteiger partial charge in [0.25, 0.3) is 0 Å². The fraction of sp³-hybridized carbons (Fsp3) is 0.533. The van der Waals surface area contributed by atoms with Crippen molar-refractivity contribution < 1.29 is 9.90 Å². The molecule has 0 heterocycles. The number of hydrogen-bond acceptors (Lipinski definition) is 2. The first-order valence-corrected chi connectivity index (χ1v) is 6.61. The minimum absolute atomic E-state index is 0.145. The van der Waals surface area contributed by atoms with Crippen molar-refractivity contribution in [1.82, 2.24) is 0 Å². The van der Waals surface area contributed by atoms with Gasteiger partial charge in [-0.3, -0.25) is 0 Å². The molecule has 3 unspecified atom stereocenters. The lowest BCUT2D eigenvalue weighted by atomic mass is 9.69. The highest BCUT2D eigenvalue weighted by Crippen LogP contribution is 2.39. The monoisotopic (exact) mass is 247 g/mol. The van der Waals surface area contributed by atoms with Gasteiger partial charge in [-0.25, -0.2) is 4.79 Å². The van der Waals surface area contributed by atoms with Crippen LogP contribution in [0.3, 0.4) is 0 Å². The quantitative estimate of drug-likeness (QED) is 0.861. The standard InChI is InChI=1S/C15H21NO2/c1-11-8-9-12(2)15(10-11,14(17)18)16-13-6-4-3-5-7-13/h3-7,11-12,16H,8-10H2,1-2H3,(H,17,18). The van der Waals surface area contributed by atoms with Crippen molar-refractivity contribution in [2.24, 2.45) is 11.8 Å². The Labute approximate surface area is 108 Å². The van der Waals surface area contributed by atoms with Gasteiger partial charge in [-0.1, -0.05) is 38.5 Å². The van der Waals surface area contributed by atoms with Crippen LogP contribution in [0.25, 0.3) is 0 Å². The molecule has 1 aromatic carbocycles. The van der Waals surface area contributed by atoms with E-state index in [-0.39, 0.29) is 5.92 Å². The molecule has 1 saturated carbocycles. The van der Waals surface area contributed by atoms with E-state index < -0.39 is 11.5 Å². The number of benzene rings is 1. The number of carboxylic acids is 1. The average Bonchev–Trinajstić information content (AvgIpc) is 2.35. The fourth-order valence-electron chi connectivity index (χ4n) is 2.94. The topological polar surface area (TPSA) is 49.3 Å². The summed E-state index contributed by atoms with van der Waals surface area (Å²) >= 11 is 0. The Kier molecular flexibility index (Phi) is 3.60. The van der Waals surface area contributed by atoms with E-state index in [1.807, 2.05) is 37.3 Å². The van der Waals surface area contributed by atoms with Gasteiger partial charge < -0.3 is 10.4 Å². The maximum absolute atomic E-state index is 11.8. The Balaban J connectivity index is 2.29. The number of hydrogen-bond donors (Lipinski definition) is 2. The Bertz CT molecular complexity index is 418. The lowest BCUT2D eigenvalue weighted by Gasteiger charge is -2.42. The molecule has 1 aromatic rings. The van der Waals surface area contributed by atoms with Gasteiger partial charge in [0.2, 0.25) is 0 Å². The number of carbonyl (C=O) groups is 1. The molecule has 3 heteroatoms. The zero-order valence-electron chi connectivity index (χ0n) is 11.0. The summed E-state index contributed by atoms with van der Waals surface area (Å²) < 4.78 is 0. The van der Waals surface area contributed by atoms with Crippen molar-refractivity contribution in [3.05, 3.63) is 30.3 Å². The van der Waals surface area contributed by atoms with E-state index in [1.165, 1.54) is 0 Å². The molecular formula is C15H21NO2. The molecule has 0 saturated heterocycles. The largest absolute Gasteiger partial charge is 0.479 e. The van der Waals surface area contributed by atoms with E-state index in [4.69, 9.17) is 0 Å². The molecule has 0 radical (unpaired) electrons. The first kappa shape index (κ1) is 12.9. The summed E-state index contributed by atoms with van der Waals surface area (Å²) in [7, 11) is 0. The fourth-order valence-corrected chi connectivity index (χ4v) is 2.94. The van der Waals surface area contributed by atoms with Gasteiger partial charge in [-0.2, -0.15) is 0 Å².